The number of hydrogen-bond acceptors (Lipinski definition) is 4. The van der Waals surface area contributed by atoms with Gasteiger partial charge in [0, 0.05) is 25.9 Å². The van der Waals surface area contributed by atoms with Crippen molar-refractivity contribution >= 4 is 17.7 Å². The van der Waals surface area contributed by atoms with Crippen LogP contribution in [-0.2, 0) is 25.7 Å². The first-order chi connectivity index (χ1) is 12.0. The summed E-state index contributed by atoms with van der Waals surface area (Å²) in [5.41, 5.74) is 0.0107. The van der Waals surface area contributed by atoms with E-state index in [4.69, 9.17) is 4.74 Å². The number of carbonyl (C=O) groups excluding carboxylic acids is 3. The van der Waals surface area contributed by atoms with Gasteiger partial charge in [-0.15, -0.1) is 0 Å². The van der Waals surface area contributed by atoms with E-state index in [1.807, 2.05) is 37.3 Å². The minimum Gasteiger partial charge on any atom is -0.469 e. The maximum absolute atomic E-state index is 13.3. The Labute approximate surface area is 148 Å². The Kier molecular flexibility index (Phi) is 4.93. The fourth-order valence-corrected chi connectivity index (χ4v) is 4.47. The molecule has 1 aromatic carbocycles. The first-order valence-corrected chi connectivity index (χ1v) is 8.90. The van der Waals surface area contributed by atoms with Crippen LogP contribution in [-0.4, -0.2) is 36.2 Å². The largest absolute Gasteiger partial charge is 0.469 e. The summed E-state index contributed by atoms with van der Waals surface area (Å²) in [6, 6.07) is 9.81. The number of amides is 1. The third-order valence-corrected chi connectivity index (χ3v) is 5.67. The Hall–Kier alpha value is -2.17. The average Bonchev–Trinajstić information content (AvgIpc) is 2.90. The molecule has 2 fully saturated rings. The number of methoxy groups -OCH3 is 1. The van der Waals surface area contributed by atoms with E-state index in [2.05, 4.69) is 0 Å². The van der Waals surface area contributed by atoms with E-state index in [0.717, 1.165) is 5.56 Å². The zero-order chi connectivity index (χ0) is 18.0. The molecule has 3 atom stereocenters. The van der Waals surface area contributed by atoms with Crippen LogP contribution in [0.3, 0.4) is 0 Å². The van der Waals surface area contributed by atoms with E-state index in [-0.39, 0.29) is 35.9 Å². The number of carbonyl (C=O) groups is 3. The topological polar surface area (TPSA) is 63.7 Å². The van der Waals surface area contributed by atoms with Crippen LogP contribution in [0.2, 0.25) is 0 Å². The van der Waals surface area contributed by atoms with Gasteiger partial charge in [-0.1, -0.05) is 37.3 Å². The number of hydrogen-bond donors (Lipinski definition) is 0. The molecule has 0 N–H and O–H groups in total. The molecule has 5 nitrogen and oxygen atoms in total. The third-order valence-electron chi connectivity index (χ3n) is 5.67. The van der Waals surface area contributed by atoms with E-state index >= 15 is 0 Å². The summed E-state index contributed by atoms with van der Waals surface area (Å²) in [4.78, 5) is 39.8. The molecule has 1 aliphatic carbocycles. The monoisotopic (exact) mass is 343 g/mol. The van der Waals surface area contributed by atoms with Crippen LogP contribution in [0.5, 0.6) is 0 Å². The van der Waals surface area contributed by atoms with Gasteiger partial charge < -0.3 is 9.64 Å². The van der Waals surface area contributed by atoms with Gasteiger partial charge in [-0.25, -0.2) is 0 Å². The molecule has 0 radical (unpaired) electrons. The van der Waals surface area contributed by atoms with Crippen molar-refractivity contribution in [3.05, 3.63) is 35.9 Å². The molecule has 1 saturated heterocycles. The summed E-state index contributed by atoms with van der Waals surface area (Å²) in [6.07, 6.45) is 1.76. The van der Waals surface area contributed by atoms with Crippen molar-refractivity contribution in [1.82, 2.24) is 4.90 Å². The van der Waals surface area contributed by atoms with Crippen molar-refractivity contribution in [3.8, 4) is 0 Å². The van der Waals surface area contributed by atoms with E-state index in [1.54, 1.807) is 4.90 Å². The molecular weight excluding hydrogens is 318 g/mol. The van der Waals surface area contributed by atoms with Crippen LogP contribution < -0.4 is 0 Å². The van der Waals surface area contributed by atoms with Crippen molar-refractivity contribution in [2.45, 2.75) is 39.2 Å². The van der Waals surface area contributed by atoms with Gasteiger partial charge in [-0.3, -0.25) is 14.4 Å². The maximum atomic E-state index is 13.3. The molecule has 1 saturated carbocycles. The van der Waals surface area contributed by atoms with Crippen molar-refractivity contribution < 1.29 is 19.1 Å². The lowest BCUT2D eigenvalue weighted by Gasteiger charge is -2.44. The molecule has 1 heterocycles. The van der Waals surface area contributed by atoms with E-state index < -0.39 is 5.41 Å². The van der Waals surface area contributed by atoms with Gasteiger partial charge >= 0.3 is 5.97 Å². The lowest BCUT2D eigenvalue weighted by molar-refractivity contribution is -0.160. The molecule has 0 aromatic heterocycles. The van der Waals surface area contributed by atoms with Gasteiger partial charge in [0.25, 0.3) is 0 Å². The second-order valence-electron chi connectivity index (χ2n) is 7.39. The first kappa shape index (κ1) is 17.6. The molecule has 1 spiro atoms. The van der Waals surface area contributed by atoms with Gasteiger partial charge in [-0.2, -0.15) is 0 Å². The van der Waals surface area contributed by atoms with Crippen LogP contribution >= 0.6 is 0 Å². The summed E-state index contributed by atoms with van der Waals surface area (Å²) < 4.78 is 4.80. The number of benzene rings is 1. The molecular formula is C20H25NO4. The first-order valence-electron chi connectivity index (χ1n) is 8.90. The number of rotatable bonds is 4. The maximum Gasteiger partial charge on any atom is 0.305 e. The normalized spacial score (nSPS) is 29.3. The van der Waals surface area contributed by atoms with Gasteiger partial charge in [0.2, 0.25) is 5.91 Å². The fourth-order valence-electron chi connectivity index (χ4n) is 4.47. The lowest BCUT2D eigenvalue weighted by atomic mass is 9.66. The van der Waals surface area contributed by atoms with Gasteiger partial charge in [0.1, 0.15) is 11.2 Å². The van der Waals surface area contributed by atoms with Crippen molar-refractivity contribution in [3.63, 3.8) is 0 Å². The van der Waals surface area contributed by atoms with Gasteiger partial charge in [0.05, 0.1) is 7.11 Å². The van der Waals surface area contributed by atoms with Crippen molar-refractivity contribution in [2.75, 3.05) is 13.7 Å². The zero-order valence-electron chi connectivity index (χ0n) is 14.9. The summed E-state index contributed by atoms with van der Waals surface area (Å²) in [6.45, 7) is 3.08. The minimum absolute atomic E-state index is 0.00309. The Balaban J connectivity index is 1.88. The molecule has 5 heteroatoms. The average molecular weight is 343 g/mol. The van der Waals surface area contributed by atoms with Gasteiger partial charge in [0.15, 0.2) is 0 Å². The molecule has 1 aliphatic heterocycles. The second kappa shape index (κ2) is 6.98. The fraction of sp³-hybridized carbons (Fsp3) is 0.550. The number of esters is 1. The van der Waals surface area contributed by atoms with Crippen molar-refractivity contribution in [1.29, 1.82) is 0 Å². The predicted molar refractivity (Wildman–Crippen MR) is 92.4 cm³/mol. The minimum atomic E-state index is -1.04. The third kappa shape index (κ3) is 3.20. The van der Waals surface area contributed by atoms with Crippen molar-refractivity contribution in [2.24, 2.45) is 17.3 Å². The molecule has 2 aliphatic rings. The number of ketones is 1. The molecule has 1 aromatic rings. The van der Waals surface area contributed by atoms with Crippen LogP contribution in [0.15, 0.2) is 30.3 Å². The quantitative estimate of drug-likeness (QED) is 0.623. The second-order valence-corrected chi connectivity index (χ2v) is 7.39. The SMILES string of the molecule is COC(=O)C[C@H]1CCN(Cc2ccccc2)C(=O)[C@@]12C[C@H](C)CC2=O. The highest BCUT2D eigenvalue weighted by Gasteiger charge is 2.59. The van der Waals surface area contributed by atoms with E-state index in [9.17, 15) is 14.4 Å². The van der Waals surface area contributed by atoms with E-state index in [1.165, 1.54) is 7.11 Å². The number of piperidine rings is 1. The molecule has 0 unspecified atom stereocenters. The van der Waals surface area contributed by atoms with E-state index in [0.29, 0.717) is 32.4 Å². The van der Waals surface area contributed by atoms with Crippen LogP contribution in [0.1, 0.15) is 38.2 Å². The number of ether oxygens (including phenoxy) is 1. The Morgan fingerprint density at radius 2 is 2.00 bits per heavy atom. The number of likely N-dealkylation sites (tertiary alicyclic amines) is 1. The number of nitrogens with zero attached hydrogens (tertiary/aromatic N) is 1. The Morgan fingerprint density at radius 3 is 2.60 bits per heavy atom. The summed E-state index contributed by atoms with van der Waals surface area (Å²) in [7, 11) is 1.35. The number of Topliss-reactive ketones (excluding diaryl/α,β-unsaturated/α-hetero) is 1. The highest BCUT2D eigenvalue weighted by atomic mass is 16.5. The van der Waals surface area contributed by atoms with Gasteiger partial charge in [-0.05, 0) is 30.2 Å². The molecule has 134 valence electrons. The zero-order valence-corrected chi connectivity index (χ0v) is 14.9. The van der Waals surface area contributed by atoms with Crippen LogP contribution in [0, 0.1) is 17.3 Å². The summed E-state index contributed by atoms with van der Waals surface area (Å²) in [5.74, 6) is -0.534. The predicted octanol–water partition coefficient (Wildman–Crippen LogP) is 2.58. The summed E-state index contributed by atoms with van der Waals surface area (Å²) >= 11 is 0. The Bertz CT molecular complexity index is 672. The lowest BCUT2D eigenvalue weighted by Crippen LogP contribution is -2.55. The summed E-state index contributed by atoms with van der Waals surface area (Å²) in [5, 5.41) is 0. The molecule has 25 heavy (non-hydrogen) atoms. The molecule has 3 rings (SSSR count). The molecule has 0 bridgehead atoms. The molecule has 1 amide bonds. The highest BCUT2D eigenvalue weighted by Crippen LogP contribution is 2.50. The van der Waals surface area contributed by atoms with Crippen LogP contribution in [0.25, 0.3) is 0 Å². The Morgan fingerprint density at radius 1 is 1.28 bits per heavy atom. The van der Waals surface area contributed by atoms with Crippen LogP contribution in [0.4, 0.5) is 0 Å². The smallest absolute Gasteiger partial charge is 0.305 e. The standard InChI is InChI=1S/C20H25NO4/c1-14-10-17(22)20(12-14)16(11-18(23)25-2)8-9-21(19(20)24)13-15-6-4-3-5-7-15/h3-7,14,16H,8-13H2,1-2H3/t14-,16-,20+/m1/s1. The highest BCUT2D eigenvalue weighted by molar-refractivity contribution is 6.08.